The second-order valence-corrected chi connectivity index (χ2v) is 3.48. The summed E-state index contributed by atoms with van der Waals surface area (Å²) in [6, 6.07) is 0. The molecule has 66 valence electrons. The van der Waals surface area contributed by atoms with Crippen LogP contribution in [0.15, 0.2) is 5.38 Å². The fraction of sp³-hybridized carbons (Fsp3) is 0.286. The number of rotatable bonds is 2. The lowest BCUT2D eigenvalue weighted by Gasteiger charge is -1.95. The fourth-order valence-electron chi connectivity index (χ4n) is 0.695. The van der Waals surface area contributed by atoms with E-state index in [9.17, 15) is 13.6 Å². The van der Waals surface area contributed by atoms with Crippen LogP contribution in [-0.4, -0.2) is 12.2 Å². The molecule has 1 nitrogen and oxygen atoms in total. The molecule has 0 saturated carbocycles. The molecule has 0 fully saturated rings. The van der Waals surface area contributed by atoms with Crippen LogP contribution in [-0.2, 0) is 0 Å². The Morgan fingerprint density at radius 2 is 2.25 bits per heavy atom. The molecule has 1 rings (SSSR count). The molecule has 12 heavy (non-hydrogen) atoms. The van der Waals surface area contributed by atoms with Crippen molar-refractivity contribution in [1.82, 2.24) is 0 Å². The normalized spacial score (nSPS) is 10.8. The lowest BCUT2D eigenvalue weighted by molar-refractivity contribution is 0.0683. The van der Waals surface area contributed by atoms with Gasteiger partial charge in [-0.05, 0) is 17.9 Å². The van der Waals surface area contributed by atoms with Gasteiger partial charge in [0.15, 0.2) is 0 Å². The zero-order valence-corrected chi connectivity index (χ0v) is 7.68. The predicted molar refractivity (Wildman–Crippen MR) is 44.4 cm³/mol. The quantitative estimate of drug-likeness (QED) is 0.686. The van der Waals surface area contributed by atoms with Crippen molar-refractivity contribution in [1.29, 1.82) is 0 Å². The second-order valence-electron chi connectivity index (χ2n) is 2.23. The average Bonchev–Trinajstić information content (AvgIpc) is 2.32. The van der Waals surface area contributed by atoms with Gasteiger partial charge in [0.25, 0.3) is 0 Å². The number of alkyl halides is 2. The summed E-state index contributed by atoms with van der Waals surface area (Å²) in [6.45, 7) is 1.67. The lowest BCUT2D eigenvalue weighted by Crippen LogP contribution is -2.08. The third kappa shape index (κ3) is 1.64. The van der Waals surface area contributed by atoms with Gasteiger partial charge in [-0.15, -0.1) is 11.3 Å². The molecular weight excluding hydrogens is 206 g/mol. The highest BCUT2D eigenvalue weighted by molar-refractivity contribution is 7.13. The van der Waals surface area contributed by atoms with Crippen molar-refractivity contribution in [3.63, 3.8) is 0 Å². The van der Waals surface area contributed by atoms with Crippen LogP contribution in [0.4, 0.5) is 8.78 Å². The van der Waals surface area contributed by atoms with E-state index in [1.165, 1.54) is 0 Å². The zero-order valence-electron chi connectivity index (χ0n) is 6.11. The monoisotopic (exact) mass is 210 g/mol. The van der Waals surface area contributed by atoms with Crippen LogP contribution in [0.3, 0.4) is 0 Å². The summed E-state index contributed by atoms with van der Waals surface area (Å²) in [7, 11) is 0. The smallest absolute Gasteiger partial charge is 0.287 e. The molecule has 0 spiro atoms. The minimum absolute atomic E-state index is 0.0517. The van der Waals surface area contributed by atoms with Crippen molar-refractivity contribution in [2.24, 2.45) is 0 Å². The largest absolute Gasteiger partial charge is 0.301 e. The Labute approximate surface area is 77.0 Å². The van der Waals surface area contributed by atoms with E-state index in [1.807, 2.05) is 0 Å². The Bertz CT molecular complexity index is 308. The third-order valence-corrected chi connectivity index (χ3v) is 3.03. The van der Waals surface area contributed by atoms with E-state index in [0.29, 0.717) is 5.56 Å². The number of halogens is 3. The van der Waals surface area contributed by atoms with Crippen molar-refractivity contribution >= 4 is 28.7 Å². The molecule has 1 heterocycles. The summed E-state index contributed by atoms with van der Waals surface area (Å²) in [4.78, 5) is 10.7. The predicted octanol–water partition coefficient (Wildman–Crippen LogP) is 3.16. The van der Waals surface area contributed by atoms with Crippen LogP contribution in [0, 0.1) is 6.92 Å². The van der Waals surface area contributed by atoms with Crippen LogP contribution in [0.5, 0.6) is 0 Å². The molecule has 0 radical (unpaired) electrons. The van der Waals surface area contributed by atoms with Gasteiger partial charge in [0.1, 0.15) is 0 Å². The summed E-state index contributed by atoms with van der Waals surface area (Å²) in [5.41, 5.74) is 0.658. The molecule has 0 aliphatic carbocycles. The maximum atomic E-state index is 11.9. The SMILES string of the molecule is Cc1csc(C(=O)C(F)F)c1Cl. The number of hydrogen-bond donors (Lipinski definition) is 0. The first-order valence-corrected chi connectivity index (χ1v) is 4.35. The minimum atomic E-state index is -2.97. The Hall–Kier alpha value is -0.480. The van der Waals surface area contributed by atoms with Crippen LogP contribution >= 0.6 is 22.9 Å². The molecule has 0 atom stereocenters. The van der Waals surface area contributed by atoms with E-state index in [0.717, 1.165) is 11.3 Å². The molecule has 1 aromatic rings. The Kier molecular flexibility index (Phi) is 2.80. The number of Topliss-reactive ketones (excluding diaryl/α,β-unsaturated/α-hetero) is 1. The first-order chi connectivity index (χ1) is 5.54. The highest BCUT2D eigenvalue weighted by Crippen LogP contribution is 2.28. The molecule has 0 aliphatic rings. The number of ketones is 1. The molecule has 0 aliphatic heterocycles. The molecule has 0 unspecified atom stereocenters. The van der Waals surface area contributed by atoms with E-state index >= 15 is 0 Å². The van der Waals surface area contributed by atoms with Crippen LogP contribution in [0.1, 0.15) is 15.2 Å². The van der Waals surface area contributed by atoms with Gasteiger partial charge in [0.05, 0.1) is 9.90 Å². The molecule has 1 aromatic heterocycles. The van der Waals surface area contributed by atoms with E-state index in [1.54, 1.807) is 12.3 Å². The van der Waals surface area contributed by atoms with Crippen molar-refractivity contribution < 1.29 is 13.6 Å². The van der Waals surface area contributed by atoms with Crippen molar-refractivity contribution in [3.8, 4) is 0 Å². The fourth-order valence-corrected chi connectivity index (χ4v) is 1.92. The number of hydrogen-bond acceptors (Lipinski definition) is 2. The lowest BCUT2D eigenvalue weighted by atomic mass is 10.3. The number of carbonyl (C=O) groups excluding carboxylic acids is 1. The molecular formula is C7H5ClF2OS. The second kappa shape index (κ2) is 3.49. The molecule has 5 heteroatoms. The maximum Gasteiger partial charge on any atom is 0.301 e. The molecule has 0 amide bonds. The zero-order chi connectivity index (χ0) is 9.30. The maximum absolute atomic E-state index is 11.9. The molecule has 0 saturated heterocycles. The van der Waals surface area contributed by atoms with E-state index in [2.05, 4.69) is 0 Å². The molecule has 0 aromatic carbocycles. The Morgan fingerprint density at radius 1 is 1.67 bits per heavy atom. The summed E-state index contributed by atoms with van der Waals surface area (Å²) in [5.74, 6) is -1.20. The Balaban J connectivity index is 3.04. The average molecular weight is 211 g/mol. The summed E-state index contributed by atoms with van der Waals surface area (Å²) in [5, 5.41) is 1.73. The minimum Gasteiger partial charge on any atom is -0.287 e. The van der Waals surface area contributed by atoms with Gasteiger partial charge in [-0.1, -0.05) is 11.6 Å². The van der Waals surface area contributed by atoms with Gasteiger partial charge < -0.3 is 0 Å². The van der Waals surface area contributed by atoms with Gasteiger partial charge in [0.2, 0.25) is 5.78 Å². The van der Waals surface area contributed by atoms with Crippen LogP contribution < -0.4 is 0 Å². The van der Waals surface area contributed by atoms with Gasteiger partial charge in [0, 0.05) is 0 Å². The Morgan fingerprint density at radius 3 is 2.58 bits per heavy atom. The highest BCUT2D eigenvalue weighted by Gasteiger charge is 2.22. The van der Waals surface area contributed by atoms with E-state index in [-0.39, 0.29) is 9.90 Å². The van der Waals surface area contributed by atoms with E-state index in [4.69, 9.17) is 11.6 Å². The standard InChI is InChI=1S/C7H5ClF2OS/c1-3-2-12-6(4(3)8)5(11)7(9)10/h2,7H,1H3. The highest BCUT2D eigenvalue weighted by atomic mass is 35.5. The van der Waals surface area contributed by atoms with E-state index < -0.39 is 12.2 Å². The van der Waals surface area contributed by atoms with Crippen LogP contribution in [0.25, 0.3) is 0 Å². The number of aryl methyl sites for hydroxylation is 1. The van der Waals surface area contributed by atoms with Crippen molar-refractivity contribution in [2.75, 3.05) is 0 Å². The summed E-state index contributed by atoms with van der Waals surface area (Å²) in [6.07, 6.45) is -2.97. The number of carbonyl (C=O) groups is 1. The first kappa shape index (κ1) is 9.61. The molecule has 0 bridgehead atoms. The third-order valence-electron chi connectivity index (χ3n) is 1.32. The number of thiophene rings is 1. The van der Waals surface area contributed by atoms with Crippen LogP contribution in [0.2, 0.25) is 5.02 Å². The van der Waals surface area contributed by atoms with Gasteiger partial charge in [-0.3, -0.25) is 4.79 Å². The summed E-state index contributed by atoms with van der Waals surface area (Å²) >= 11 is 6.56. The summed E-state index contributed by atoms with van der Waals surface area (Å²) < 4.78 is 23.8. The first-order valence-electron chi connectivity index (χ1n) is 3.10. The molecule has 0 N–H and O–H groups in total. The van der Waals surface area contributed by atoms with Gasteiger partial charge in [-0.25, -0.2) is 8.78 Å². The van der Waals surface area contributed by atoms with Crippen molar-refractivity contribution in [3.05, 3.63) is 20.8 Å². The van der Waals surface area contributed by atoms with Gasteiger partial charge >= 0.3 is 6.43 Å². The topological polar surface area (TPSA) is 17.1 Å². The van der Waals surface area contributed by atoms with Crippen molar-refractivity contribution in [2.45, 2.75) is 13.3 Å². The van der Waals surface area contributed by atoms with Gasteiger partial charge in [-0.2, -0.15) is 0 Å².